The fraction of sp³-hybridized carbons (Fsp3) is 1.00. The van der Waals surface area contributed by atoms with Crippen LogP contribution in [0.25, 0.3) is 0 Å². The SMILES string of the molecule is C1OCC2NC1C1CC21. The van der Waals surface area contributed by atoms with Crippen molar-refractivity contribution in [1.29, 1.82) is 0 Å². The van der Waals surface area contributed by atoms with E-state index in [-0.39, 0.29) is 0 Å². The summed E-state index contributed by atoms with van der Waals surface area (Å²) in [5.41, 5.74) is 0. The van der Waals surface area contributed by atoms with E-state index in [2.05, 4.69) is 5.32 Å². The maximum atomic E-state index is 5.39. The summed E-state index contributed by atoms with van der Waals surface area (Å²) in [6, 6.07) is 1.46. The molecule has 0 aromatic rings. The zero-order valence-electron chi connectivity index (χ0n) is 5.34. The Morgan fingerprint density at radius 1 is 1.11 bits per heavy atom. The molecule has 2 heterocycles. The molecule has 0 spiro atoms. The van der Waals surface area contributed by atoms with Crippen LogP contribution in [0.4, 0.5) is 0 Å². The lowest BCUT2D eigenvalue weighted by Gasteiger charge is -2.24. The molecule has 1 N–H and O–H groups in total. The number of morpholine rings is 1. The molecule has 50 valence electrons. The lowest BCUT2D eigenvalue weighted by atomic mass is 10.2. The zero-order valence-corrected chi connectivity index (χ0v) is 5.34. The van der Waals surface area contributed by atoms with E-state index < -0.39 is 0 Å². The second-order valence-corrected chi connectivity index (χ2v) is 3.48. The first-order valence-electron chi connectivity index (χ1n) is 3.79. The van der Waals surface area contributed by atoms with Gasteiger partial charge in [-0.3, -0.25) is 0 Å². The minimum atomic E-state index is 0.730. The van der Waals surface area contributed by atoms with Gasteiger partial charge in [-0.15, -0.1) is 0 Å². The van der Waals surface area contributed by atoms with Crippen LogP contribution in [0, 0.1) is 11.8 Å². The van der Waals surface area contributed by atoms with Crippen molar-refractivity contribution in [3.8, 4) is 0 Å². The molecule has 3 fully saturated rings. The molecule has 0 aromatic carbocycles. The summed E-state index contributed by atoms with van der Waals surface area (Å²) >= 11 is 0. The molecule has 0 amide bonds. The van der Waals surface area contributed by atoms with Gasteiger partial charge in [-0.25, -0.2) is 0 Å². The van der Waals surface area contributed by atoms with Crippen LogP contribution in [0.5, 0.6) is 0 Å². The zero-order chi connectivity index (χ0) is 5.84. The minimum Gasteiger partial charge on any atom is -0.378 e. The van der Waals surface area contributed by atoms with Crippen molar-refractivity contribution in [2.24, 2.45) is 11.8 Å². The van der Waals surface area contributed by atoms with Crippen LogP contribution in [0.2, 0.25) is 0 Å². The first-order valence-corrected chi connectivity index (χ1v) is 3.79. The number of fused-ring (bicyclic) bond motifs is 5. The van der Waals surface area contributed by atoms with Gasteiger partial charge in [-0.05, 0) is 18.3 Å². The van der Waals surface area contributed by atoms with Gasteiger partial charge in [-0.2, -0.15) is 0 Å². The van der Waals surface area contributed by atoms with Crippen molar-refractivity contribution >= 4 is 0 Å². The molecular formula is C7H11NO. The van der Waals surface area contributed by atoms with Gasteiger partial charge >= 0.3 is 0 Å². The van der Waals surface area contributed by atoms with E-state index in [9.17, 15) is 0 Å². The predicted octanol–water partition coefficient (Wildman–Crippen LogP) is -0.00690. The Morgan fingerprint density at radius 2 is 1.78 bits per heavy atom. The average molecular weight is 125 g/mol. The summed E-state index contributed by atoms with van der Waals surface area (Å²) in [4.78, 5) is 0. The molecule has 4 unspecified atom stereocenters. The van der Waals surface area contributed by atoms with Crippen LogP contribution in [-0.4, -0.2) is 25.3 Å². The number of nitrogens with one attached hydrogen (secondary N) is 1. The van der Waals surface area contributed by atoms with Gasteiger partial charge in [0.2, 0.25) is 0 Å². The van der Waals surface area contributed by atoms with Gasteiger partial charge in [-0.1, -0.05) is 0 Å². The molecule has 2 nitrogen and oxygen atoms in total. The van der Waals surface area contributed by atoms with Crippen LogP contribution in [-0.2, 0) is 4.74 Å². The lowest BCUT2D eigenvalue weighted by Crippen LogP contribution is -2.44. The van der Waals surface area contributed by atoms with Gasteiger partial charge in [0.05, 0.1) is 13.2 Å². The van der Waals surface area contributed by atoms with Crippen molar-refractivity contribution in [2.75, 3.05) is 13.2 Å². The molecular weight excluding hydrogens is 114 g/mol. The van der Waals surface area contributed by atoms with Crippen molar-refractivity contribution in [2.45, 2.75) is 18.5 Å². The molecule has 1 saturated carbocycles. The molecule has 0 radical (unpaired) electrons. The quantitative estimate of drug-likeness (QED) is 0.492. The highest BCUT2D eigenvalue weighted by molar-refractivity contribution is 5.10. The number of hydrogen-bond donors (Lipinski definition) is 1. The Hall–Kier alpha value is -0.0800. The van der Waals surface area contributed by atoms with E-state index in [1.165, 1.54) is 6.42 Å². The summed E-state index contributed by atoms with van der Waals surface area (Å²) in [6.45, 7) is 1.94. The Labute approximate surface area is 54.6 Å². The maximum Gasteiger partial charge on any atom is 0.0623 e. The molecule has 2 saturated heterocycles. The largest absolute Gasteiger partial charge is 0.378 e. The fourth-order valence-corrected chi connectivity index (χ4v) is 2.35. The van der Waals surface area contributed by atoms with Gasteiger partial charge in [0, 0.05) is 12.1 Å². The van der Waals surface area contributed by atoms with Crippen LogP contribution >= 0.6 is 0 Å². The summed E-state index contributed by atoms with van der Waals surface area (Å²) in [5.74, 6) is 2.00. The number of rotatable bonds is 0. The van der Waals surface area contributed by atoms with Crippen molar-refractivity contribution < 1.29 is 4.74 Å². The molecule has 2 bridgehead atoms. The molecule has 4 atom stereocenters. The smallest absolute Gasteiger partial charge is 0.0623 e. The van der Waals surface area contributed by atoms with Crippen LogP contribution < -0.4 is 5.32 Å². The summed E-state index contributed by atoms with van der Waals surface area (Å²) in [5, 5.41) is 3.56. The molecule has 1 aliphatic carbocycles. The Bertz CT molecular complexity index is 134. The topological polar surface area (TPSA) is 21.3 Å². The Balaban J connectivity index is 1.92. The van der Waals surface area contributed by atoms with E-state index >= 15 is 0 Å². The van der Waals surface area contributed by atoms with Crippen molar-refractivity contribution in [3.63, 3.8) is 0 Å². The highest BCUT2D eigenvalue weighted by Gasteiger charge is 2.55. The van der Waals surface area contributed by atoms with E-state index in [0.29, 0.717) is 0 Å². The number of piperidine rings is 1. The van der Waals surface area contributed by atoms with Crippen LogP contribution in [0.1, 0.15) is 6.42 Å². The Morgan fingerprint density at radius 3 is 2.33 bits per heavy atom. The lowest BCUT2D eigenvalue weighted by molar-refractivity contribution is 0.0586. The van der Waals surface area contributed by atoms with Crippen molar-refractivity contribution in [1.82, 2.24) is 5.32 Å². The first kappa shape index (κ1) is 4.69. The summed E-state index contributed by atoms with van der Waals surface area (Å²) in [7, 11) is 0. The summed E-state index contributed by atoms with van der Waals surface area (Å²) in [6.07, 6.45) is 1.48. The summed E-state index contributed by atoms with van der Waals surface area (Å²) < 4.78 is 5.39. The van der Waals surface area contributed by atoms with E-state index in [0.717, 1.165) is 37.1 Å². The van der Waals surface area contributed by atoms with E-state index in [1.807, 2.05) is 0 Å². The molecule has 0 aromatic heterocycles. The number of ether oxygens (including phenoxy) is 1. The maximum absolute atomic E-state index is 5.39. The molecule has 2 heteroatoms. The van der Waals surface area contributed by atoms with Gasteiger partial charge in [0.25, 0.3) is 0 Å². The minimum absolute atomic E-state index is 0.730. The monoisotopic (exact) mass is 125 g/mol. The van der Waals surface area contributed by atoms with Crippen molar-refractivity contribution in [3.05, 3.63) is 0 Å². The first-order chi connectivity index (χ1) is 4.45. The highest BCUT2D eigenvalue weighted by Crippen LogP contribution is 2.50. The van der Waals surface area contributed by atoms with E-state index in [4.69, 9.17) is 4.74 Å². The highest BCUT2D eigenvalue weighted by atomic mass is 16.5. The van der Waals surface area contributed by atoms with Crippen LogP contribution in [0.3, 0.4) is 0 Å². The second kappa shape index (κ2) is 1.32. The second-order valence-electron chi connectivity index (χ2n) is 3.48. The average Bonchev–Trinajstić information content (AvgIpc) is 2.62. The van der Waals surface area contributed by atoms with Crippen LogP contribution in [0.15, 0.2) is 0 Å². The normalized spacial score (nSPS) is 61.3. The molecule has 9 heavy (non-hydrogen) atoms. The third-order valence-electron chi connectivity index (χ3n) is 2.95. The fourth-order valence-electron chi connectivity index (χ4n) is 2.35. The van der Waals surface area contributed by atoms with Gasteiger partial charge < -0.3 is 10.1 Å². The third kappa shape index (κ3) is 0.485. The Kier molecular flexibility index (Phi) is 0.691. The molecule has 3 aliphatic rings. The predicted molar refractivity (Wildman–Crippen MR) is 33.1 cm³/mol. The molecule has 3 rings (SSSR count). The number of hydrogen-bond acceptors (Lipinski definition) is 2. The van der Waals surface area contributed by atoms with E-state index in [1.54, 1.807) is 0 Å². The third-order valence-corrected chi connectivity index (χ3v) is 2.95. The molecule has 2 aliphatic heterocycles. The van der Waals surface area contributed by atoms with Gasteiger partial charge in [0.1, 0.15) is 0 Å². The standard InChI is InChI=1S/C7H11NO/c1-4-5(1)7-3-9-2-6(4)8-7/h4-8H,1-3H2. The van der Waals surface area contributed by atoms with Gasteiger partial charge in [0.15, 0.2) is 0 Å².